The summed E-state index contributed by atoms with van der Waals surface area (Å²) in [7, 11) is 0. The van der Waals surface area contributed by atoms with Gasteiger partial charge in [0.25, 0.3) is 0 Å². The number of rotatable bonds is 3. The molecule has 94 valence electrons. The van der Waals surface area contributed by atoms with Crippen molar-refractivity contribution in [2.45, 2.75) is 25.4 Å². The molecule has 0 aromatic heterocycles. The Morgan fingerprint density at radius 3 is 2.71 bits per heavy atom. The fourth-order valence-electron chi connectivity index (χ4n) is 2.33. The second-order valence-corrected chi connectivity index (χ2v) is 5.46. The van der Waals surface area contributed by atoms with Gasteiger partial charge in [-0.1, -0.05) is 30.3 Å². The molecular weight excluding hydrogens is 212 g/mol. The smallest absolute Gasteiger partial charge is 0.0664 e. The molecule has 1 saturated heterocycles. The molecule has 1 aliphatic heterocycles. The fourth-order valence-corrected chi connectivity index (χ4v) is 2.33. The van der Waals surface area contributed by atoms with Crippen LogP contribution in [0.4, 0.5) is 0 Å². The summed E-state index contributed by atoms with van der Waals surface area (Å²) in [6.45, 7) is 7.57. The number of ether oxygens (including phenoxy) is 1. The van der Waals surface area contributed by atoms with Crippen LogP contribution in [0.1, 0.15) is 25.5 Å². The van der Waals surface area contributed by atoms with Crippen molar-refractivity contribution in [1.29, 1.82) is 0 Å². The molecule has 3 nitrogen and oxygen atoms in total. The first-order valence-corrected chi connectivity index (χ1v) is 6.22. The lowest BCUT2D eigenvalue weighted by Crippen LogP contribution is -2.50. The number of nitrogens with two attached hydrogens (primary N) is 1. The lowest BCUT2D eigenvalue weighted by atomic mass is 10.0. The van der Waals surface area contributed by atoms with E-state index in [0.717, 1.165) is 26.3 Å². The quantitative estimate of drug-likeness (QED) is 0.866. The average Bonchev–Trinajstić information content (AvgIpc) is 2.29. The number of hydrogen-bond donors (Lipinski definition) is 1. The van der Waals surface area contributed by atoms with Crippen LogP contribution in [0.15, 0.2) is 30.3 Å². The molecule has 0 spiro atoms. The number of nitrogens with zero attached hydrogens (tertiary/aromatic N) is 1. The highest BCUT2D eigenvalue weighted by atomic mass is 16.5. The van der Waals surface area contributed by atoms with Crippen LogP contribution in [0.3, 0.4) is 0 Å². The summed E-state index contributed by atoms with van der Waals surface area (Å²) in [4.78, 5) is 2.43. The predicted molar refractivity (Wildman–Crippen MR) is 69.8 cm³/mol. The molecule has 2 N–H and O–H groups in total. The predicted octanol–water partition coefficient (Wildman–Crippen LogP) is 1.80. The Bertz CT molecular complexity index is 345. The Morgan fingerprint density at radius 2 is 2.06 bits per heavy atom. The van der Waals surface area contributed by atoms with E-state index in [0.29, 0.717) is 6.04 Å². The molecule has 0 amide bonds. The minimum Gasteiger partial charge on any atom is -0.378 e. The summed E-state index contributed by atoms with van der Waals surface area (Å²) >= 11 is 0. The Morgan fingerprint density at radius 1 is 1.35 bits per heavy atom. The molecule has 1 atom stereocenters. The number of hydrogen-bond acceptors (Lipinski definition) is 3. The molecule has 3 heteroatoms. The molecule has 2 rings (SSSR count). The maximum atomic E-state index is 6.12. The third-order valence-electron chi connectivity index (χ3n) is 3.03. The van der Waals surface area contributed by atoms with Gasteiger partial charge in [-0.2, -0.15) is 0 Å². The first-order chi connectivity index (χ1) is 8.06. The molecule has 1 aliphatic rings. The molecule has 1 heterocycles. The minimum atomic E-state index is -0.162. The van der Waals surface area contributed by atoms with Crippen LogP contribution in [0, 0.1) is 0 Å². The second-order valence-electron chi connectivity index (χ2n) is 5.46. The number of morpholine rings is 1. The van der Waals surface area contributed by atoms with Gasteiger partial charge < -0.3 is 10.5 Å². The van der Waals surface area contributed by atoms with Crippen molar-refractivity contribution in [3.05, 3.63) is 35.9 Å². The highest BCUT2D eigenvalue weighted by Crippen LogP contribution is 2.24. The van der Waals surface area contributed by atoms with Crippen molar-refractivity contribution in [3.63, 3.8) is 0 Å². The zero-order chi connectivity index (χ0) is 12.3. The van der Waals surface area contributed by atoms with E-state index in [1.165, 1.54) is 5.56 Å². The van der Waals surface area contributed by atoms with E-state index in [-0.39, 0.29) is 5.54 Å². The Balaban J connectivity index is 2.13. The summed E-state index contributed by atoms with van der Waals surface area (Å²) in [6, 6.07) is 10.9. The van der Waals surface area contributed by atoms with Gasteiger partial charge in [0.2, 0.25) is 0 Å². The molecule has 0 saturated carbocycles. The molecule has 0 bridgehead atoms. The topological polar surface area (TPSA) is 38.5 Å². The van der Waals surface area contributed by atoms with Gasteiger partial charge in [0, 0.05) is 18.6 Å². The van der Waals surface area contributed by atoms with E-state index in [1.807, 2.05) is 6.07 Å². The van der Waals surface area contributed by atoms with Gasteiger partial charge in [-0.25, -0.2) is 0 Å². The molecule has 17 heavy (non-hydrogen) atoms. The largest absolute Gasteiger partial charge is 0.378 e. The van der Waals surface area contributed by atoms with E-state index in [9.17, 15) is 0 Å². The first-order valence-electron chi connectivity index (χ1n) is 6.22. The Labute approximate surface area is 104 Å². The standard InChI is InChI=1S/C14H22N2O/c1-14(2,15)11-16-8-9-17-10-13(16)12-6-4-3-5-7-12/h3-7,13H,8-11,15H2,1-2H3. The first kappa shape index (κ1) is 12.6. The summed E-state index contributed by atoms with van der Waals surface area (Å²) in [6.07, 6.45) is 0. The molecule has 0 aliphatic carbocycles. The normalized spacial score (nSPS) is 22.6. The highest BCUT2D eigenvalue weighted by Gasteiger charge is 2.27. The fraction of sp³-hybridized carbons (Fsp3) is 0.571. The molecule has 0 radical (unpaired) electrons. The summed E-state index contributed by atoms with van der Waals surface area (Å²) in [5, 5.41) is 0. The van der Waals surface area contributed by atoms with E-state index >= 15 is 0 Å². The van der Waals surface area contributed by atoms with Crippen LogP contribution in [0.5, 0.6) is 0 Å². The van der Waals surface area contributed by atoms with E-state index in [2.05, 4.69) is 43.0 Å². The zero-order valence-electron chi connectivity index (χ0n) is 10.7. The van der Waals surface area contributed by atoms with E-state index in [4.69, 9.17) is 10.5 Å². The summed E-state index contributed by atoms with van der Waals surface area (Å²) in [5.74, 6) is 0. The second kappa shape index (κ2) is 5.17. The van der Waals surface area contributed by atoms with Crippen molar-refractivity contribution in [2.24, 2.45) is 5.73 Å². The van der Waals surface area contributed by atoms with Crippen molar-refractivity contribution in [2.75, 3.05) is 26.3 Å². The van der Waals surface area contributed by atoms with Crippen molar-refractivity contribution >= 4 is 0 Å². The summed E-state index contributed by atoms with van der Waals surface area (Å²) in [5.41, 5.74) is 7.28. The zero-order valence-corrected chi connectivity index (χ0v) is 10.7. The molecular formula is C14H22N2O. The van der Waals surface area contributed by atoms with Crippen molar-refractivity contribution in [1.82, 2.24) is 4.90 Å². The monoisotopic (exact) mass is 234 g/mol. The molecule has 1 unspecified atom stereocenters. The maximum Gasteiger partial charge on any atom is 0.0664 e. The van der Waals surface area contributed by atoms with Crippen LogP contribution in [0.2, 0.25) is 0 Å². The third-order valence-corrected chi connectivity index (χ3v) is 3.03. The Hall–Kier alpha value is -0.900. The van der Waals surface area contributed by atoms with Crippen LogP contribution in [0.25, 0.3) is 0 Å². The van der Waals surface area contributed by atoms with Gasteiger partial charge in [-0.15, -0.1) is 0 Å². The lowest BCUT2D eigenvalue weighted by molar-refractivity contribution is -0.0157. The molecule has 1 aromatic rings. The van der Waals surface area contributed by atoms with Gasteiger partial charge in [0.05, 0.1) is 19.3 Å². The van der Waals surface area contributed by atoms with E-state index < -0.39 is 0 Å². The third kappa shape index (κ3) is 3.53. The molecule has 1 aromatic carbocycles. The van der Waals surface area contributed by atoms with Gasteiger partial charge >= 0.3 is 0 Å². The van der Waals surface area contributed by atoms with Gasteiger partial charge in [-0.05, 0) is 19.4 Å². The highest BCUT2D eigenvalue weighted by molar-refractivity contribution is 5.19. The van der Waals surface area contributed by atoms with Crippen LogP contribution in [-0.2, 0) is 4.74 Å². The van der Waals surface area contributed by atoms with E-state index in [1.54, 1.807) is 0 Å². The summed E-state index contributed by atoms with van der Waals surface area (Å²) < 4.78 is 5.60. The maximum absolute atomic E-state index is 6.12. The van der Waals surface area contributed by atoms with Gasteiger partial charge in [0.1, 0.15) is 0 Å². The van der Waals surface area contributed by atoms with Crippen molar-refractivity contribution in [3.8, 4) is 0 Å². The lowest BCUT2D eigenvalue weighted by Gasteiger charge is -2.39. The molecule has 1 fully saturated rings. The SMILES string of the molecule is CC(C)(N)CN1CCOCC1c1ccccc1. The van der Waals surface area contributed by atoms with Gasteiger partial charge in [0.15, 0.2) is 0 Å². The van der Waals surface area contributed by atoms with Crippen LogP contribution in [-0.4, -0.2) is 36.7 Å². The van der Waals surface area contributed by atoms with Crippen LogP contribution < -0.4 is 5.73 Å². The van der Waals surface area contributed by atoms with Gasteiger partial charge in [-0.3, -0.25) is 4.90 Å². The Kier molecular flexibility index (Phi) is 3.82. The average molecular weight is 234 g/mol. The van der Waals surface area contributed by atoms with Crippen LogP contribution >= 0.6 is 0 Å². The minimum absolute atomic E-state index is 0.162. The van der Waals surface area contributed by atoms with Crippen molar-refractivity contribution < 1.29 is 4.74 Å². The number of benzene rings is 1.